The zero-order chi connectivity index (χ0) is 21.6. The van der Waals surface area contributed by atoms with Gasteiger partial charge in [0.2, 0.25) is 0 Å². The zero-order valence-electron chi connectivity index (χ0n) is 17.3. The lowest BCUT2D eigenvalue weighted by molar-refractivity contribution is 0.0520. The van der Waals surface area contributed by atoms with Gasteiger partial charge in [-0.15, -0.1) is 0 Å². The van der Waals surface area contributed by atoms with Gasteiger partial charge >= 0.3 is 6.09 Å². The molecule has 7 heteroatoms. The van der Waals surface area contributed by atoms with Crippen molar-refractivity contribution in [1.82, 2.24) is 10.3 Å². The van der Waals surface area contributed by atoms with Crippen LogP contribution in [-0.2, 0) is 4.74 Å². The number of nitrogens with zero attached hydrogens (tertiary/aromatic N) is 1. The summed E-state index contributed by atoms with van der Waals surface area (Å²) in [5.74, 6) is 0.305. The fourth-order valence-corrected chi connectivity index (χ4v) is 2.84. The van der Waals surface area contributed by atoms with E-state index in [0.29, 0.717) is 17.1 Å². The maximum absolute atomic E-state index is 12.5. The predicted octanol–water partition coefficient (Wildman–Crippen LogP) is 4.39. The molecule has 30 heavy (non-hydrogen) atoms. The molecule has 3 rings (SSSR count). The second-order valence-corrected chi connectivity index (χ2v) is 7.61. The Morgan fingerprint density at radius 3 is 2.47 bits per heavy atom. The van der Waals surface area contributed by atoms with Gasteiger partial charge in [-0.2, -0.15) is 0 Å². The summed E-state index contributed by atoms with van der Waals surface area (Å²) in [7, 11) is 0. The molecule has 0 aliphatic rings. The first-order valence-electron chi connectivity index (χ1n) is 9.67. The summed E-state index contributed by atoms with van der Waals surface area (Å²) in [4.78, 5) is 28.4. The van der Waals surface area contributed by atoms with Gasteiger partial charge in [0.1, 0.15) is 23.7 Å². The van der Waals surface area contributed by atoms with Crippen molar-refractivity contribution in [3.63, 3.8) is 0 Å². The highest BCUT2D eigenvalue weighted by atomic mass is 16.6. The van der Waals surface area contributed by atoms with Crippen molar-refractivity contribution >= 4 is 28.5 Å². The molecule has 7 nitrogen and oxygen atoms in total. The molecule has 0 spiro atoms. The molecule has 1 heterocycles. The van der Waals surface area contributed by atoms with E-state index in [0.717, 1.165) is 10.8 Å². The Hall–Kier alpha value is -3.61. The number of amides is 2. The molecule has 2 N–H and O–H groups in total. The number of alkyl carbamates (subject to hydrolysis) is 1. The number of carbonyl (C=O) groups excluding carboxylic acids is 2. The van der Waals surface area contributed by atoms with Crippen LogP contribution in [0.25, 0.3) is 10.8 Å². The Morgan fingerprint density at radius 1 is 1.00 bits per heavy atom. The van der Waals surface area contributed by atoms with Crippen LogP contribution in [-0.4, -0.2) is 35.7 Å². The molecule has 0 aliphatic carbocycles. The van der Waals surface area contributed by atoms with Gasteiger partial charge in [-0.05, 0) is 50.4 Å². The second-order valence-electron chi connectivity index (χ2n) is 7.61. The second kappa shape index (κ2) is 9.26. The minimum atomic E-state index is -0.554. The third kappa shape index (κ3) is 5.70. The lowest BCUT2D eigenvalue weighted by atomic mass is 10.1. The van der Waals surface area contributed by atoms with Gasteiger partial charge in [0, 0.05) is 11.6 Å². The summed E-state index contributed by atoms with van der Waals surface area (Å²) < 4.78 is 11.1. The highest BCUT2D eigenvalue weighted by Gasteiger charge is 2.16. The summed E-state index contributed by atoms with van der Waals surface area (Å²) in [5.41, 5.74) is 0.398. The monoisotopic (exact) mass is 407 g/mol. The Bertz CT molecular complexity index is 1020. The van der Waals surface area contributed by atoms with Crippen molar-refractivity contribution in [2.75, 3.05) is 18.5 Å². The lowest BCUT2D eigenvalue weighted by Crippen LogP contribution is -2.34. The first-order valence-corrected chi connectivity index (χ1v) is 9.67. The van der Waals surface area contributed by atoms with Crippen LogP contribution in [0.5, 0.6) is 5.75 Å². The first kappa shape index (κ1) is 21.1. The third-order valence-electron chi connectivity index (χ3n) is 4.04. The van der Waals surface area contributed by atoms with E-state index in [1.807, 2.05) is 36.4 Å². The van der Waals surface area contributed by atoms with Crippen molar-refractivity contribution < 1.29 is 19.1 Å². The maximum Gasteiger partial charge on any atom is 0.407 e. The molecular formula is C23H25N3O4. The van der Waals surface area contributed by atoms with Crippen LogP contribution in [0.4, 0.5) is 10.5 Å². The van der Waals surface area contributed by atoms with Crippen LogP contribution in [0.15, 0.2) is 60.8 Å². The lowest BCUT2D eigenvalue weighted by Gasteiger charge is -2.19. The van der Waals surface area contributed by atoms with Crippen molar-refractivity contribution in [1.29, 1.82) is 0 Å². The average Bonchev–Trinajstić information content (AvgIpc) is 2.70. The van der Waals surface area contributed by atoms with E-state index in [2.05, 4.69) is 15.6 Å². The molecule has 0 saturated carbocycles. The fraction of sp³-hybridized carbons (Fsp3) is 0.261. The molecule has 3 aromatic rings. The fourth-order valence-electron chi connectivity index (χ4n) is 2.84. The molecular weight excluding hydrogens is 382 g/mol. The summed E-state index contributed by atoms with van der Waals surface area (Å²) in [6.07, 6.45) is 1.08. The highest BCUT2D eigenvalue weighted by molar-refractivity contribution is 6.09. The van der Waals surface area contributed by atoms with Crippen LogP contribution < -0.4 is 15.4 Å². The SMILES string of the molecule is CC(C)(C)OC(=O)NCCOc1cccc2cccc(NC(=O)c3ccccn3)c12. The van der Waals surface area contributed by atoms with Gasteiger partial charge in [-0.3, -0.25) is 9.78 Å². The Kier molecular flexibility index (Phi) is 6.51. The van der Waals surface area contributed by atoms with E-state index in [-0.39, 0.29) is 19.1 Å². The van der Waals surface area contributed by atoms with E-state index >= 15 is 0 Å². The maximum atomic E-state index is 12.5. The molecule has 0 fully saturated rings. The number of rotatable bonds is 6. The van der Waals surface area contributed by atoms with E-state index in [9.17, 15) is 9.59 Å². The molecule has 0 aliphatic heterocycles. The van der Waals surface area contributed by atoms with Crippen LogP contribution in [0.2, 0.25) is 0 Å². The van der Waals surface area contributed by atoms with Crippen LogP contribution in [0.1, 0.15) is 31.3 Å². The summed E-state index contributed by atoms with van der Waals surface area (Å²) in [6.45, 7) is 5.95. The first-order chi connectivity index (χ1) is 14.3. The number of fused-ring (bicyclic) bond motifs is 1. The third-order valence-corrected chi connectivity index (χ3v) is 4.04. The summed E-state index contributed by atoms with van der Waals surface area (Å²) >= 11 is 0. The minimum Gasteiger partial charge on any atom is -0.491 e. The van der Waals surface area contributed by atoms with Gasteiger partial charge in [-0.1, -0.05) is 30.3 Å². The average molecular weight is 407 g/mol. The van der Waals surface area contributed by atoms with Crippen molar-refractivity contribution in [2.24, 2.45) is 0 Å². The van der Waals surface area contributed by atoms with Crippen molar-refractivity contribution in [3.8, 4) is 5.75 Å². The number of nitrogens with one attached hydrogen (secondary N) is 2. The molecule has 156 valence electrons. The van der Waals surface area contributed by atoms with Crippen molar-refractivity contribution in [3.05, 3.63) is 66.5 Å². The minimum absolute atomic E-state index is 0.251. The number of aromatic nitrogens is 1. The summed E-state index contributed by atoms with van der Waals surface area (Å²) in [5, 5.41) is 7.27. The molecule has 1 aromatic heterocycles. The molecule has 0 atom stereocenters. The van der Waals surface area contributed by atoms with Crippen LogP contribution in [0.3, 0.4) is 0 Å². The topological polar surface area (TPSA) is 89.5 Å². The van der Waals surface area contributed by atoms with Gasteiger partial charge in [-0.25, -0.2) is 4.79 Å². The molecule has 0 bridgehead atoms. The Labute approximate surface area is 175 Å². The standard InChI is InChI=1S/C23H25N3O4/c1-23(2,3)30-22(28)25-14-15-29-19-12-7-9-16-8-6-11-17(20(16)19)26-21(27)18-10-4-5-13-24-18/h4-13H,14-15H2,1-3H3,(H,25,28)(H,26,27). The van der Waals surface area contributed by atoms with Crippen molar-refractivity contribution in [2.45, 2.75) is 26.4 Å². The number of ether oxygens (including phenoxy) is 2. The largest absolute Gasteiger partial charge is 0.491 e. The number of hydrogen-bond donors (Lipinski definition) is 2. The normalized spacial score (nSPS) is 11.0. The molecule has 2 amide bonds. The number of benzene rings is 2. The Balaban J connectivity index is 1.71. The quantitative estimate of drug-likeness (QED) is 0.592. The van der Waals surface area contributed by atoms with Crippen LogP contribution >= 0.6 is 0 Å². The van der Waals surface area contributed by atoms with E-state index in [4.69, 9.17) is 9.47 Å². The molecule has 2 aromatic carbocycles. The molecule has 0 saturated heterocycles. The number of anilines is 1. The highest BCUT2D eigenvalue weighted by Crippen LogP contribution is 2.32. The predicted molar refractivity (Wildman–Crippen MR) is 116 cm³/mol. The number of pyridine rings is 1. The van der Waals surface area contributed by atoms with E-state index in [1.54, 1.807) is 45.2 Å². The van der Waals surface area contributed by atoms with Crippen LogP contribution in [0, 0.1) is 0 Å². The van der Waals surface area contributed by atoms with Gasteiger partial charge < -0.3 is 20.1 Å². The smallest absolute Gasteiger partial charge is 0.407 e. The van der Waals surface area contributed by atoms with Gasteiger partial charge in [0.05, 0.1) is 12.2 Å². The summed E-state index contributed by atoms with van der Waals surface area (Å²) in [6, 6.07) is 16.4. The van der Waals surface area contributed by atoms with E-state index in [1.165, 1.54) is 0 Å². The number of carbonyl (C=O) groups is 2. The van der Waals surface area contributed by atoms with E-state index < -0.39 is 11.7 Å². The van der Waals surface area contributed by atoms with Gasteiger partial charge in [0.25, 0.3) is 5.91 Å². The molecule has 0 radical (unpaired) electrons. The number of hydrogen-bond acceptors (Lipinski definition) is 5. The zero-order valence-corrected chi connectivity index (χ0v) is 17.3. The Morgan fingerprint density at radius 2 is 1.77 bits per heavy atom. The van der Waals surface area contributed by atoms with Gasteiger partial charge in [0.15, 0.2) is 0 Å². The molecule has 0 unspecified atom stereocenters.